The van der Waals surface area contributed by atoms with Crippen molar-refractivity contribution in [2.45, 2.75) is 25.3 Å². The first-order chi connectivity index (χ1) is 10.3. The van der Waals surface area contributed by atoms with E-state index < -0.39 is 0 Å². The Morgan fingerprint density at radius 3 is 3.19 bits per heavy atom. The zero-order valence-corrected chi connectivity index (χ0v) is 12.7. The van der Waals surface area contributed by atoms with Crippen LogP contribution in [-0.4, -0.2) is 24.7 Å². The van der Waals surface area contributed by atoms with Crippen LogP contribution in [0.1, 0.15) is 30.6 Å². The third-order valence-corrected chi connectivity index (χ3v) is 4.09. The lowest BCUT2D eigenvalue weighted by Crippen LogP contribution is -2.18. The first kappa shape index (κ1) is 12.7. The van der Waals surface area contributed by atoms with Gasteiger partial charge in [0.25, 0.3) is 0 Å². The van der Waals surface area contributed by atoms with E-state index in [9.17, 15) is 0 Å². The van der Waals surface area contributed by atoms with Crippen LogP contribution in [0, 0.1) is 0 Å². The van der Waals surface area contributed by atoms with Crippen LogP contribution in [0.3, 0.4) is 0 Å². The number of fused-ring (bicyclic) bond motifs is 1. The van der Waals surface area contributed by atoms with Gasteiger partial charge in [-0.3, -0.25) is 4.98 Å². The van der Waals surface area contributed by atoms with Crippen LogP contribution >= 0.6 is 15.9 Å². The van der Waals surface area contributed by atoms with Crippen molar-refractivity contribution in [2.24, 2.45) is 0 Å². The minimum Gasteiger partial charge on any atom is -0.337 e. The molecule has 4 heterocycles. The zero-order chi connectivity index (χ0) is 14.2. The van der Waals surface area contributed by atoms with Crippen molar-refractivity contribution in [1.82, 2.24) is 24.7 Å². The molecule has 0 spiro atoms. The molecular formula is C14H12BrN5O. The molecule has 0 saturated carbocycles. The predicted molar refractivity (Wildman–Crippen MR) is 78.5 cm³/mol. The molecule has 1 aliphatic rings. The van der Waals surface area contributed by atoms with Crippen LogP contribution in [0.5, 0.6) is 0 Å². The van der Waals surface area contributed by atoms with Gasteiger partial charge in [0.15, 0.2) is 0 Å². The molecular weight excluding hydrogens is 334 g/mol. The maximum absolute atomic E-state index is 5.47. The second kappa shape index (κ2) is 5.07. The molecule has 0 amide bonds. The third-order valence-electron chi connectivity index (χ3n) is 3.65. The Morgan fingerprint density at radius 2 is 2.29 bits per heavy atom. The lowest BCUT2D eigenvalue weighted by molar-refractivity contribution is 0.309. The Morgan fingerprint density at radius 1 is 1.33 bits per heavy atom. The first-order valence-electron chi connectivity index (χ1n) is 6.77. The highest BCUT2D eigenvalue weighted by Crippen LogP contribution is 2.30. The number of nitrogens with zero attached hydrogens (tertiary/aromatic N) is 5. The summed E-state index contributed by atoms with van der Waals surface area (Å²) in [5, 5.41) is 4.08. The van der Waals surface area contributed by atoms with Crippen LogP contribution in [0.2, 0.25) is 0 Å². The van der Waals surface area contributed by atoms with Crippen LogP contribution in [0.15, 0.2) is 39.8 Å². The lowest BCUT2D eigenvalue weighted by atomic mass is 10.0. The molecule has 6 nitrogen and oxygen atoms in total. The van der Waals surface area contributed by atoms with Crippen molar-refractivity contribution < 1.29 is 4.52 Å². The summed E-state index contributed by atoms with van der Waals surface area (Å²) < 4.78 is 8.49. The van der Waals surface area contributed by atoms with E-state index in [0.29, 0.717) is 11.7 Å². The Kier molecular flexibility index (Phi) is 3.07. The summed E-state index contributed by atoms with van der Waals surface area (Å²) in [6.07, 6.45) is 10.3. The van der Waals surface area contributed by atoms with Crippen LogP contribution in [-0.2, 0) is 6.42 Å². The molecule has 1 atom stereocenters. The molecule has 21 heavy (non-hydrogen) atoms. The van der Waals surface area contributed by atoms with Gasteiger partial charge in [-0.15, -0.1) is 0 Å². The summed E-state index contributed by atoms with van der Waals surface area (Å²) in [6.45, 7) is 0. The van der Waals surface area contributed by atoms with Crippen molar-refractivity contribution in [3.63, 3.8) is 0 Å². The highest BCUT2D eigenvalue weighted by atomic mass is 79.9. The first-order valence-corrected chi connectivity index (χ1v) is 7.57. The average molecular weight is 346 g/mol. The summed E-state index contributed by atoms with van der Waals surface area (Å²) in [4.78, 5) is 13.0. The maximum Gasteiger partial charge on any atom is 0.250 e. The summed E-state index contributed by atoms with van der Waals surface area (Å²) >= 11 is 3.40. The number of aryl methyl sites for hydroxylation is 1. The molecule has 4 rings (SSSR count). The third kappa shape index (κ3) is 2.27. The van der Waals surface area contributed by atoms with E-state index in [2.05, 4.69) is 40.6 Å². The zero-order valence-electron chi connectivity index (χ0n) is 11.1. The summed E-state index contributed by atoms with van der Waals surface area (Å²) in [7, 11) is 0. The van der Waals surface area contributed by atoms with Crippen molar-refractivity contribution >= 4 is 15.9 Å². The minimum absolute atomic E-state index is 0.0811. The minimum atomic E-state index is 0.0811. The molecule has 0 fully saturated rings. The Labute approximate surface area is 129 Å². The van der Waals surface area contributed by atoms with Crippen molar-refractivity contribution in [2.75, 3.05) is 0 Å². The lowest BCUT2D eigenvalue weighted by Gasteiger charge is -2.21. The van der Waals surface area contributed by atoms with E-state index in [4.69, 9.17) is 4.52 Å². The summed E-state index contributed by atoms with van der Waals surface area (Å²) in [5.41, 5.74) is 0.834. The van der Waals surface area contributed by atoms with Crippen LogP contribution < -0.4 is 0 Å². The maximum atomic E-state index is 5.47. The molecule has 3 aromatic rings. The van der Waals surface area contributed by atoms with Crippen LogP contribution in [0.4, 0.5) is 0 Å². The molecule has 3 aromatic heterocycles. The van der Waals surface area contributed by atoms with Gasteiger partial charge in [-0.05, 0) is 34.8 Å². The van der Waals surface area contributed by atoms with Gasteiger partial charge in [-0.2, -0.15) is 4.98 Å². The van der Waals surface area contributed by atoms with Gasteiger partial charge in [0.05, 0.1) is 0 Å². The largest absolute Gasteiger partial charge is 0.337 e. The van der Waals surface area contributed by atoms with Gasteiger partial charge < -0.3 is 9.09 Å². The molecule has 0 N–H and O–H groups in total. The molecule has 0 aromatic carbocycles. The van der Waals surface area contributed by atoms with E-state index in [-0.39, 0.29) is 6.04 Å². The van der Waals surface area contributed by atoms with Gasteiger partial charge in [-0.1, -0.05) is 5.16 Å². The smallest absolute Gasteiger partial charge is 0.250 e. The molecule has 106 valence electrons. The Bertz CT molecular complexity index is 781. The van der Waals surface area contributed by atoms with Crippen LogP contribution in [0.25, 0.3) is 11.4 Å². The second-order valence-electron chi connectivity index (χ2n) is 5.01. The molecule has 0 radical (unpaired) electrons. The average Bonchev–Trinajstić information content (AvgIpc) is 3.16. The molecule has 1 unspecified atom stereocenters. The molecule has 0 bridgehead atoms. The highest BCUT2D eigenvalue weighted by Gasteiger charge is 2.26. The SMILES string of the molecule is Brc1cncc(-c2noc(C3CCCc4nccn43)n2)c1. The van der Waals surface area contributed by atoms with Crippen molar-refractivity contribution in [3.05, 3.63) is 47.0 Å². The molecule has 0 aliphatic carbocycles. The fourth-order valence-corrected chi connectivity index (χ4v) is 3.04. The summed E-state index contributed by atoms with van der Waals surface area (Å²) in [5.74, 6) is 2.27. The highest BCUT2D eigenvalue weighted by molar-refractivity contribution is 9.10. The standard InChI is InChI=1S/C14H12BrN5O/c15-10-6-9(7-16-8-10)13-18-14(21-19-13)11-2-1-3-12-17-4-5-20(11)12/h4-8,11H,1-3H2. The number of rotatable bonds is 2. The number of hydrogen-bond donors (Lipinski definition) is 0. The Balaban J connectivity index is 1.70. The van der Waals surface area contributed by atoms with Crippen molar-refractivity contribution in [3.8, 4) is 11.4 Å². The van der Waals surface area contributed by atoms with Gasteiger partial charge in [0, 0.05) is 41.2 Å². The Hall–Kier alpha value is -2.02. The number of aromatic nitrogens is 5. The normalized spacial score (nSPS) is 17.7. The quantitative estimate of drug-likeness (QED) is 0.713. The van der Waals surface area contributed by atoms with Gasteiger partial charge in [0.2, 0.25) is 11.7 Å². The van der Waals surface area contributed by atoms with Gasteiger partial charge in [-0.25, -0.2) is 4.98 Å². The fourth-order valence-electron chi connectivity index (χ4n) is 2.68. The van der Waals surface area contributed by atoms with Gasteiger partial charge >= 0.3 is 0 Å². The van der Waals surface area contributed by atoms with E-state index in [1.165, 1.54) is 0 Å². The van der Waals surface area contributed by atoms with E-state index in [1.54, 1.807) is 12.4 Å². The fraction of sp³-hybridized carbons (Fsp3) is 0.286. The number of halogens is 1. The monoisotopic (exact) mass is 345 g/mol. The number of hydrogen-bond acceptors (Lipinski definition) is 5. The topological polar surface area (TPSA) is 69.6 Å². The molecule has 1 aliphatic heterocycles. The molecule has 0 saturated heterocycles. The van der Waals surface area contributed by atoms with E-state index in [1.807, 2.05) is 18.5 Å². The van der Waals surface area contributed by atoms with E-state index >= 15 is 0 Å². The number of imidazole rings is 1. The van der Waals surface area contributed by atoms with E-state index in [0.717, 1.165) is 35.1 Å². The molecule has 7 heteroatoms. The number of pyridine rings is 1. The second-order valence-corrected chi connectivity index (χ2v) is 5.92. The van der Waals surface area contributed by atoms with Crippen molar-refractivity contribution in [1.29, 1.82) is 0 Å². The van der Waals surface area contributed by atoms with Gasteiger partial charge in [0.1, 0.15) is 11.9 Å². The summed E-state index contributed by atoms with van der Waals surface area (Å²) in [6, 6.07) is 2.00. The predicted octanol–water partition coefficient (Wildman–Crippen LogP) is 3.02.